The van der Waals surface area contributed by atoms with E-state index in [-0.39, 0.29) is 11.9 Å². The average Bonchev–Trinajstić information content (AvgIpc) is 2.93. The number of aromatic nitrogens is 1. The van der Waals surface area contributed by atoms with Crippen molar-refractivity contribution in [3.63, 3.8) is 0 Å². The molecule has 2 aliphatic heterocycles. The van der Waals surface area contributed by atoms with Crippen molar-refractivity contribution in [2.24, 2.45) is 13.0 Å². The molecule has 2 aliphatic rings. The molecule has 1 aromatic heterocycles. The minimum atomic E-state index is -0.120. The summed E-state index contributed by atoms with van der Waals surface area (Å²) < 4.78 is 7.40. The summed E-state index contributed by atoms with van der Waals surface area (Å²) in [7, 11) is 3.65. The first-order valence-corrected chi connectivity index (χ1v) is 8.68. The highest BCUT2D eigenvalue weighted by atomic mass is 16.5. The lowest BCUT2D eigenvalue weighted by molar-refractivity contribution is -0.145. The Balaban J connectivity index is 1.82. The maximum atomic E-state index is 12.3. The zero-order valence-corrected chi connectivity index (χ0v) is 14.6. The van der Waals surface area contributed by atoms with Gasteiger partial charge in [0.2, 0.25) is 0 Å². The van der Waals surface area contributed by atoms with Gasteiger partial charge in [-0.1, -0.05) is 24.3 Å². The molecule has 0 bridgehead atoms. The summed E-state index contributed by atoms with van der Waals surface area (Å²) in [6, 6.07) is 8.92. The normalized spacial score (nSPS) is 25.5. The van der Waals surface area contributed by atoms with Crippen molar-refractivity contribution in [1.29, 1.82) is 0 Å². The molecule has 2 unspecified atom stereocenters. The van der Waals surface area contributed by atoms with E-state index in [1.165, 1.54) is 34.8 Å². The van der Waals surface area contributed by atoms with Crippen LogP contribution in [0, 0.1) is 5.92 Å². The van der Waals surface area contributed by atoms with Gasteiger partial charge in [-0.05, 0) is 37.0 Å². The summed E-state index contributed by atoms with van der Waals surface area (Å²) in [5.41, 5.74) is 5.32. The van der Waals surface area contributed by atoms with Crippen LogP contribution >= 0.6 is 0 Å². The van der Waals surface area contributed by atoms with Crippen LogP contribution in [0.1, 0.15) is 30.6 Å². The number of carbonyl (C=O) groups is 1. The molecule has 0 radical (unpaired) electrons. The maximum absolute atomic E-state index is 12.3. The molecule has 0 aliphatic carbocycles. The van der Waals surface area contributed by atoms with Gasteiger partial charge >= 0.3 is 5.97 Å². The Morgan fingerprint density at radius 2 is 2.12 bits per heavy atom. The predicted octanol–water partition coefficient (Wildman–Crippen LogP) is 3.22. The number of hydrogen-bond acceptors (Lipinski definition) is 3. The van der Waals surface area contributed by atoms with Gasteiger partial charge in [-0.2, -0.15) is 0 Å². The van der Waals surface area contributed by atoms with Crippen molar-refractivity contribution >= 4 is 16.9 Å². The van der Waals surface area contributed by atoms with E-state index >= 15 is 0 Å². The van der Waals surface area contributed by atoms with Gasteiger partial charge in [0.15, 0.2) is 0 Å². The summed E-state index contributed by atoms with van der Waals surface area (Å²) in [4.78, 5) is 14.8. The Morgan fingerprint density at radius 1 is 1.33 bits per heavy atom. The zero-order valence-electron chi connectivity index (χ0n) is 14.6. The fraction of sp³-hybridized carbons (Fsp3) is 0.450. The van der Waals surface area contributed by atoms with Crippen LogP contribution in [-0.2, 0) is 23.0 Å². The fourth-order valence-corrected chi connectivity index (χ4v) is 4.61. The molecule has 3 heterocycles. The molecule has 2 aromatic rings. The Hall–Kier alpha value is -2.07. The van der Waals surface area contributed by atoms with Gasteiger partial charge in [0.1, 0.15) is 0 Å². The van der Waals surface area contributed by atoms with E-state index in [0.717, 1.165) is 25.9 Å². The Bertz CT molecular complexity index is 834. The number of rotatable bonds is 1. The molecule has 4 rings (SSSR count). The number of carbonyl (C=O) groups excluding carboxylic acids is 1. The number of ether oxygens (including phenoxy) is 1. The number of para-hydroxylation sites is 1. The largest absolute Gasteiger partial charge is 0.469 e. The number of piperidine rings is 1. The first kappa shape index (κ1) is 15.5. The third-order valence-corrected chi connectivity index (χ3v) is 5.82. The van der Waals surface area contributed by atoms with Crippen LogP contribution in [0.4, 0.5) is 0 Å². The number of aryl methyl sites for hydroxylation is 1. The first-order valence-electron chi connectivity index (χ1n) is 8.68. The number of hydrogen-bond donors (Lipinski definition) is 0. The van der Waals surface area contributed by atoms with Gasteiger partial charge in [-0.15, -0.1) is 0 Å². The van der Waals surface area contributed by atoms with E-state index in [1.807, 2.05) is 6.92 Å². The Morgan fingerprint density at radius 3 is 2.88 bits per heavy atom. The molecule has 1 saturated heterocycles. The van der Waals surface area contributed by atoms with E-state index in [4.69, 9.17) is 4.74 Å². The van der Waals surface area contributed by atoms with Crippen LogP contribution < -0.4 is 0 Å². The highest BCUT2D eigenvalue weighted by Crippen LogP contribution is 2.44. The van der Waals surface area contributed by atoms with E-state index in [0.29, 0.717) is 6.04 Å². The van der Waals surface area contributed by atoms with E-state index in [9.17, 15) is 4.79 Å². The van der Waals surface area contributed by atoms with Crippen molar-refractivity contribution in [1.82, 2.24) is 9.47 Å². The summed E-state index contributed by atoms with van der Waals surface area (Å²) in [6.45, 7) is 3.94. The predicted molar refractivity (Wildman–Crippen MR) is 94.8 cm³/mol. The lowest BCUT2D eigenvalue weighted by Gasteiger charge is -2.43. The third kappa shape index (κ3) is 2.13. The molecule has 4 heteroatoms. The Kier molecular flexibility index (Phi) is 3.72. The van der Waals surface area contributed by atoms with Crippen molar-refractivity contribution in [2.45, 2.75) is 25.8 Å². The quantitative estimate of drug-likeness (QED) is 0.597. The smallest absolute Gasteiger partial charge is 0.312 e. The highest BCUT2D eigenvalue weighted by molar-refractivity contribution is 5.86. The average molecular weight is 324 g/mol. The number of nitrogens with zero attached hydrogens (tertiary/aromatic N) is 2. The molecule has 126 valence electrons. The number of methoxy groups -OCH3 is 1. The topological polar surface area (TPSA) is 34.5 Å². The van der Waals surface area contributed by atoms with Crippen LogP contribution in [0.15, 0.2) is 35.9 Å². The van der Waals surface area contributed by atoms with Gasteiger partial charge in [-0.3, -0.25) is 9.69 Å². The van der Waals surface area contributed by atoms with Crippen LogP contribution in [0.5, 0.6) is 0 Å². The molecule has 4 nitrogen and oxygen atoms in total. The molecule has 24 heavy (non-hydrogen) atoms. The van der Waals surface area contributed by atoms with Crippen molar-refractivity contribution in [2.75, 3.05) is 20.2 Å². The summed E-state index contributed by atoms with van der Waals surface area (Å²) >= 11 is 0. The van der Waals surface area contributed by atoms with Crippen molar-refractivity contribution < 1.29 is 9.53 Å². The second-order valence-electron chi connectivity index (χ2n) is 6.85. The van der Waals surface area contributed by atoms with E-state index in [1.54, 1.807) is 0 Å². The lowest BCUT2D eigenvalue weighted by atomic mass is 9.81. The fourth-order valence-electron chi connectivity index (χ4n) is 4.61. The Labute approximate surface area is 142 Å². The maximum Gasteiger partial charge on any atom is 0.312 e. The second kappa shape index (κ2) is 5.78. The molecule has 0 amide bonds. The van der Waals surface area contributed by atoms with Gasteiger partial charge in [0.25, 0.3) is 0 Å². The minimum absolute atomic E-state index is 0.103. The lowest BCUT2D eigenvalue weighted by Crippen LogP contribution is -2.45. The number of benzene rings is 1. The molecule has 1 aromatic carbocycles. The van der Waals surface area contributed by atoms with Crippen LogP contribution in [-0.4, -0.2) is 35.6 Å². The SMILES string of the molecule is CC=C1CN2CCc3c(n(C)c4ccccc34)C2CC1C(=O)OC. The zero-order chi connectivity index (χ0) is 16.8. The van der Waals surface area contributed by atoms with Gasteiger partial charge < -0.3 is 9.30 Å². The summed E-state index contributed by atoms with van der Waals surface area (Å²) in [5.74, 6) is -0.223. The van der Waals surface area contributed by atoms with Gasteiger partial charge in [0, 0.05) is 36.7 Å². The number of esters is 1. The van der Waals surface area contributed by atoms with E-state index in [2.05, 4.69) is 46.9 Å². The second-order valence-corrected chi connectivity index (χ2v) is 6.85. The van der Waals surface area contributed by atoms with Crippen molar-refractivity contribution in [3.8, 4) is 0 Å². The molecule has 0 N–H and O–H groups in total. The monoisotopic (exact) mass is 324 g/mol. The molecule has 1 fully saturated rings. The van der Waals surface area contributed by atoms with Crippen LogP contribution in [0.2, 0.25) is 0 Å². The number of fused-ring (bicyclic) bond motifs is 5. The number of allylic oxidation sites excluding steroid dienone is 1. The van der Waals surface area contributed by atoms with Gasteiger partial charge in [-0.25, -0.2) is 0 Å². The highest BCUT2D eigenvalue weighted by Gasteiger charge is 2.41. The van der Waals surface area contributed by atoms with Gasteiger partial charge in [0.05, 0.1) is 19.1 Å². The molecule has 0 saturated carbocycles. The molecular formula is C20H24N2O2. The third-order valence-electron chi connectivity index (χ3n) is 5.82. The van der Waals surface area contributed by atoms with Crippen LogP contribution in [0.3, 0.4) is 0 Å². The summed E-state index contributed by atoms with van der Waals surface area (Å²) in [5, 5.41) is 1.36. The molecular weight excluding hydrogens is 300 g/mol. The summed E-state index contributed by atoms with van der Waals surface area (Å²) in [6.07, 6.45) is 3.98. The minimum Gasteiger partial charge on any atom is -0.469 e. The van der Waals surface area contributed by atoms with E-state index < -0.39 is 0 Å². The van der Waals surface area contributed by atoms with Crippen molar-refractivity contribution in [3.05, 3.63) is 47.2 Å². The van der Waals surface area contributed by atoms with Crippen LogP contribution in [0.25, 0.3) is 10.9 Å². The first-order chi connectivity index (χ1) is 11.7. The standard InChI is InChI=1S/C20H24N2O2/c1-4-13-12-22-10-9-15-14-7-5-6-8-17(14)21(2)19(15)18(22)11-16(13)20(23)24-3/h4-8,16,18H,9-12H2,1-3H3. The molecule has 2 atom stereocenters. The molecule has 0 spiro atoms.